The first kappa shape index (κ1) is 15.3. The van der Waals surface area contributed by atoms with E-state index in [1.165, 1.54) is 0 Å². The molecule has 0 aliphatic carbocycles. The van der Waals surface area contributed by atoms with Crippen LogP contribution in [0.1, 0.15) is 25.0 Å². The lowest BCUT2D eigenvalue weighted by Gasteiger charge is -2.27. The highest BCUT2D eigenvalue weighted by Gasteiger charge is 2.19. The number of benzene rings is 1. The number of hydrogen-bond acceptors (Lipinski definition) is 2. The summed E-state index contributed by atoms with van der Waals surface area (Å²) in [6, 6.07) is 12.1. The molecule has 1 amide bonds. The maximum atomic E-state index is 12.8. The lowest BCUT2D eigenvalue weighted by Crippen LogP contribution is -2.37. The Bertz CT molecular complexity index is 792. The maximum Gasteiger partial charge on any atom is 0.227 e. The van der Waals surface area contributed by atoms with Gasteiger partial charge in [-0.3, -0.25) is 9.78 Å². The number of nitrogens with one attached hydrogen (secondary N) is 1. The van der Waals surface area contributed by atoms with Crippen LogP contribution in [0.25, 0.3) is 10.9 Å². The van der Waals surface area contributed by atoms with Gasteiger partial charge in [-0.15, -0.1) is 0 Å². The Labute approximate surface area is 136 Å². The first-order valence-corrected chi connectivity index (χ1v) is 7.88. The molecule has 0 saturated heterocycles. The van der Waals surface area contributed by atoms with Crippen LogP contribution in [0, 0.1) is 0 Å². The quantitative estimate of drug-likeness (QED) is 0.783. The van der Waals surface area contributed by atoms with Gasteiger partial charge in [-0.25, -0.2) is 0 Å². The van der Waals surface area contributed by atoms with Gasteiger partial charge in [0.1, 0.15) is 0 Å². The number of carbonyl (C=O) groups excluding carboxylic acids is 1. The summed E-state index contributed by atoms with van der Waals surface area (Å²) < 4.78 is 0. The van der Waals surface area contributed by atoms with Crippen LogP contribution in [0.2, 0.25) is 0 Å². The molecular weight excluding hydrogens is 286 g/mol. The summed E-state index contributed by atoms with van der Waals surface area (Å²) in [5.74, 6) is 0.140. The van der Waals surface area contributed by atoms with E-state index in [2.05, 4.69) is 16.0 Å². The summed E-state index contributed by atoms with van der Waals surface area (Å²) in [7, 11) is 0. The molecule has 118 valence electrons. The second-order valence-corrected chi connectivity index (χ2v) is 6.01. The van der Waals surface area contributed by atoms with E-state index < -0.39 is 0 Å². The fourth-order valence-electron chi connectivity index (χ4n) is 2.79. The molecule has 0 radical (unpaired) electrons. The SMILES string of the molecule is CC(C)N(Cc1ccncc1)C(=O)Cc1c[nH]c2ccccc12. The number of pyridine rings is 1. The van der Waals surface area contributed by atoms with Crippen molar-refractivity contribution in [3.05, 3.63) is 66.1 Å². The standard InChI is InChI=1S/C19H21N3O/c1-14(2)22(13-15-7-9-20-10-8-15)19(23)11-16-12-21-18-6-4-3-5-17(16)18/h3-10,12,14,21H,11,13H2,1-2H3. The summed E-state index contributed by atoms with van der Waals surface area (Å²) in [5.41, 5.74) is 3.22. The van der Waals surface area contributed by atoms with E-state index in [4.69, 9.17) is 0 Å². The van der Waals surface area contributed by atoms with Crippen LogP contribution in [-0.4, -0.2) is 26.8 Å². The Kier molecular flexibility index (Phi) is 4.42. The van der Waals surface area contributed by atoms with Crippen molar-refractivity contribution in [2.24, 2.45) is 0 Å². The molecule has 3 aromatic rings. The first-order chi connectivity index (χ1) is 11.1. The molecule has 0 fully saturated rings. The lowest BCUT2D eigenvalue weighted by molar-refractivity contribution is -0.132. The van der Waals surface area contributed by atoms with Gasteiger partial charge in [-0.05, 0) is 43.2 Å². The number of nitrogens with zero attached hydrogens (tertiary/aromatic N) is 2. The van der Waals surface area contributed by atoms with Crippen molar-refractivity contribution in [2.45, 2.75) is 32.9 Å². The van der Waals surface area contributed by atoms with E-state index >= 15 is 0 Å². The number of hydrogen-bond donors (Lipinski definition) is 1. The van der Waals surface area contributed by atoms with E-state index in [0.717, 1.165) is 22.0 Å². The van der Waals surface area contributed by atoms with Crippen LogP contribution in [0.3, 0.4) is 0 Å². The van der Waals surface area contributed by atoms with Gasteiger partial charge in [0.15, 0.2) is 0 Å². The van der Waals surface area contributed by atoms with Crippen molar-refractivity contribution in [1.29, 1.82) is 0 Å². The maximum absolute atomic E-state index is 12.8. The van der Waals surface area contributed by atoms with Crippen molar-refractivity contribution in [1.82, 2.24) is 14.9 Å². The molecule has 0 atom stereocenters. The Hall–Kier alpha value is -2.62. The van der Waals surface area contributed by atoms with Crippen molar-refractivity contribution in [3.8, 4) is 0 Å². The fourth-order valence-corrected chi connectivity index (χ4v) is 2.79. The van der Waals surface area contributed by atoms with E-state index in [-0.39, 0.29) is 11.9 Å². The third-order valence-electron chi connectivity index (χ3n) is 4.06. The topological polar surface area (TPSA) is 49.0 Å². The Morgan fingerprint density at radius 1 is 1.17 bits per heavy atom. The van der Waals surface area contributed by atoms with Crippen LogP contribution in [0.5, 0.6) is 0 Å². The number of rotatable bonds is 5. The van der Waals surface area contributed by atoms with Crippen molar-refractivity contribution in [2.75, 3.05) is 0 Å². The molecule has 0 unspecified atom stereocenters. The molecule has 0 bridgehead atoms. The Morgan fingerprint density at radius 2 is 1.91 bits per heavy atom. The van der Waals surface area contributed by atoms with Gasteiger partial charge in [-0.1, -0.05) is 18.2 Å². The number of carbonyl (C=O) groups is 1. The number of aromatic nitrogens is 2. The van der Waals surface area contributed by atoms with Gasteiger partial charge in [-0.2, -0.15) is 0 Å². The average Bonchev–Trinajstić information content (AvgIpc) is 2.96. The third-order valence-corrected chi connectivity index (χ3v) is 4.06. The normalized spacial score (nSPS) is 11.1. The van der Waals surface area contributed by atoms with Crippen LogP contribution in [-0.2, 0) is 17.8 Å². The van der Waals surface area contributed by atoms with Crippen molar-refractivity contribution in [3.63, 3.8) is 0 Å². The average molecular weight is 307 g/mol. The summed E-state index contributed by atoms with van der Waals surface area (Å²) in [6.45, 7) is 4.71. The minimum Gasteiger partial charge on any atom is -0.361 e. The second-order valence-electron chi connectivity index (χ2n) is 6.01. The number of para-hydroxylation sites is 1. The molecular formula is C19H21N3O. The highest BCUT2D eigenvalue weighted by molar-refractivity contribution is 5.89. The van der Waals surface area contributed by atoms with Gasteiger partial charge in [0.2, 0.25) is 5.91 Å². The molecule has 0 spiro atoms. The molecule has 0 aliphatic heterocycles. The van der Waals surface area contributed by atoms with Gasteiger partial charge in [0, 0.05) is 42.1 Å². The van der Waals surface area contributed by atoms with Crippen LogP contribution >= 0.6 is 0 Å². The van der Waals surface area contributed by atoms with Crippen LogP contribution in [0.4, 0.5) is 0 Å². The summed E-state index contributed by atoms with van der Waals surface area (Å²) in [5, 5.41) is 1.12. The zero-order chi connectivity index (χ0) is 16.2. The Balaban J connectivity index is 1.79. The van der Waals surface area contributed by atoms with E-state index in [0.29, 0.717) is 13.0 Å². The van der Waals surface area contributed by atoms with Crippen LogP contribution < -0.4 is 0 Å². The molecule has 2 heterocycles. The molecule has 23 heavy (non-hydrogen) atoms. The predicted molar refractivity (Wildman–Crippen MR) is 91.9 cm³/mol. The summed E-state index contributed by atoms with van der Waals surface area (Å²) >= 11 is 0. The summed E-state index contributed by atoms with van der Waals surface area (Å²) in [6.07, 6.45) is 5.87. The smallest absolute Gasteiger partial charge is 0.227 e. The molecule has 2 aromatic heterocycles. The zero-order valence-electron chi connectivity index (χ0n) is 13.5. The molecule has 1 N–H and O–H groups in total. The van der Waals surface area contributed by atoms with Crippen molar-refractivity contribution >= 4 is 16.8 Å². The fraction of sp³-hybridized carbons (Fsp3) is 0.263. The molecule has 0 aliphatic rings. The van der Waals surface area contributed by atoms with E-state index in [9.17, 15) is 4.79 Å². The van der Waals surface area contributed by atoms with Gasteiger partial charge >= 0.3 is 0 Å². The first-order valence-electron chi connectivity index (χ1n) is 7.88. The van der Waals surface area contributed by atoms with Gasteiger partial charge in [0.05, 0.1) is 6.42 Å². The minimum absolute atomic E-state index is 0.140. The van der Waals surface area contributed by atoms with Gasteiger partial charge in [0.25, 0.3) is 0 Å². The van der Waals surface area contributed by atoms with Gasteiger partial charge < -0.3 is 9.88 Å². The Morgan fingerprint density at radius 3 is 2.65 bits per heavy atom. The molecule has 4 nitrogen and oxygen atoms in total. The second kappa shape index (κ2) is 6.65. The molecule has 0 saturated carbocycles. The predicted octanol–water partition coefficient (Wildman–Crippen LogP) is 3.54. The number of H-pyrrole nitrogens is 1. The van der Waals surface area contributed by atoms with E-state index in [1.807, 2.05) is 55.3 Å². The molecule has 1 aromatic carbocycles. The molecule has 3 rings (SSSR count). The van der Waals surface area contributed by atoms with E-state index in [1.54, 1.807) is 12.4 Å². The molecule has 4 heteroatoms. The zero-order valence-corrected chi connectivity index (χ0v) is 13.5. The summed E-state index contributed by atoms with van der Waals surface area (Å²) in [4.78, 5) is 22.0. The number of aromatic amines is 1. The van der Waals surface area contributed by atoms with Crippen molar-refractivity contribution < 1.29 is 4.79 Å². The highest BCUT2D eigenvalue weighted by Crippen LogP contribution is 2.19. The highest BCUT2D eigenvalue weighted by atomic mass is 16.2. The lowest BCUT2D eigenvalue weighted by atomic mass is 10.1. The minimum atomic E-state index is 0.140. The largest absolute Gasteiger partial charge is 0.361 e. The number of fused-ring (bicyclic) bond motifs is 1. The van der Waals surface area contributed by atoms with Crippen LogP contribution in [0.15, 0.2) is 55.0 Å². The third kappa shape index (κ3) is 3.42. The number of amides is 1. The monoisotopic (exact) mass is 307 g/mol.